The SMILES string of the molecule is COC(=O)c1ccc2c(c1)CCN2C(=O)/C=C/c1cccc(OC)c1. The maximum Gasteiger partial charge on any atom is 0.337 e. The Labute approximate surface area is 146 Å². The van der Waals surface area contributed by atoms with E-state index in [-0.39, 0.29) is 11.9 Å². The number of carbonyl (C=O) groups is 2. The number of hydrogen-bond acceptors (Lipinski definition) is 4. The van der Waals surface area contributed by atoms with E-state index in [4.69, 9.17) is 9.47 Å². The van der Waals surface area contributed by atoms with Gasteiger partial charge in [-0.1, -0.05) is 12.1 Å². The highest BCUT2D eigenvalue weighted by molar-refractivity contribution is 6.05. The molecule has 3 rings (SSSR count). The van der Waals surface area contributed by atoms with Crippen molar-refractivity contribution >= 4 is 23.6 Å². The quantitative estimate of drug-likeness (QED) is 0.635. The minimum atomic E-state index is -0.370. The molecule has 0 spiro atoms. The molecule has 0 aliphatic carbocycles. The normalized spacial score (nSPS) is 13.0. The molecule has 128 valence electrons. The van der Waals surface area contributed by atoms with Gasteiger partial charge in [-0.3, -0.25) is 4.79 Å². The maximum absolute atomic E-state index is 12.5. The molecule has 0 bridgehead atoms. The first-order valence-corrected chi connectivity index (χ1v) is 7.97. The highest BCUT2D eigenvalue weighted by Crippen LogP contribution is 2.29. The van der Waals surface area contributed by atoms with Crippen molar-refractivity contribution in [1.29, 1.82) is 0 Å². The van der Waals surface area contributed by atoms with E-state index < -0.39 is 0 Å². The van der Waals surface area contributed by atoms with Crippen molar-refractivity contribution in [3.8, 4) is 5.75 Å². The van der Waals surface area contributed by atoms with Gasteiger partial charge in [0.2, 0.25) is 0 Å². The van der Waals surface area contributed by atoms with Gasteiger partial charge in [-0.15, -0.1) is 0 Å². The number of anilines is 1. The van der Waals surface area contributed by atoms with Crippen LogP contribution < -0.4 is 9.64 Å². The van der Waals surface area contributed by atoms with Gasteiger partial charge >= 0.3 is 5.97 Å². The van der Waals surface area contributed by atoms with Gasteiger partial charge in [0.1, 0.15) is 5.75 Å². The minimum absolute atomic E-state index is 0.0904. The lowest BCUT2D eigenvalue weighted by Gasteiger charge is -2.15. The van der Waals surface area contributed by atoms with Gasteiger partial charge in [0.15, 0.2) is 0 Å². The molecule has 0 unspecified atom stereocenters. The third-order valence-corrected chi connectivity index (χ3v) is 4.17. The zero-order chi connectivity index (χ0) is 17.8. The van der Waals surface area contributed by atoms with Crippen molar-refractivity contribution in [3.63, 3.8) is 0 Å². The third kappa shape index (κ3) is 3.55. The number of fused-ring (bicyclic) bond motifs is 1. The molecule has 2 aromatic carbocycles. The van der Waals surface area contributed by atoms with E-state index in [1.807, 2.05) is 24.3 Å². The van der Waals surface area contributed by atoms with Crippen LogP contribution in [-0.2, 0) is 16.0 Å². The Bertz CT molecular complexity index is 841. The summed E-state index contributed by atoms with van der Waals surface area (Å²) < 4.78 is 9.92. The van der Waals surface area contributed by atoms with Crippen LogP contribution in [0.5, 0.6) is 5.75 Å². The van der Waals surface area contributed by atoms with Crippen LogP contribution in [0.15, 0.2) is 48.5 Å². The zero-order valence-electron chi connectivity index (χ0n) is 14.2. The van der Waals surface area contributed by atoms with E-state index in [0.29, 0.717) is 12.1 Å². The van der Waals surface area contributed by atoms with Gasteiger partial charge in [0.05, 0.1) is 19.8 Å². The van der Waals surface area contributed by atoms with Gasteiger partial charge < -0.3 is 14.4 Å². The van der Waals surface area contributed by atoms with Crippen LogP contribution in [0.25, 0.3) is 6.08 Å². The second-order valence-corrected chi connectivity index (χ2v) is 5.68. The number of rotatable bonds is 4. The molecule has 0 N–H and O–H groups in total. The number of carbonyl (C=O) groups excluding carboxylic acids is 2. The van der Waals surface area contributed by atoms with E-state index in [9.17, 15) is 9.59 Å². The van der Waals surface area contributed by atoms with Gasteiger partial charge in [0.25, 0.3) is 5.91 Å². The molecule has 2 aromatic rings. The lowest BCUT2D eigenvalue weighted by Crippen LogP contribution is -2.26. The fraction of sp³-hybridized carbons (Fsp3) is 0.200. The van der Waals surface area contributed by atoms with Gasteiger partial charge in [-0.25, -0.2) is 4.79 Å². The molecule has 5 heteroatoms. The van der Waals surface area contributed by atoms with Crippen LogP contribution in [-0.4, -0.2) is 32.6 Å². The predicted molar refractivity (Wildman–Crippen MR) is 95.9 cm³/mol. The molecule has 25 heavy (non-hydrogen) atoms. The van der Waals surface area contributed by atoms with Gasteiger partial charge in [-0.05, 0) is 54.0 Å². The Kier molecular flexibility index (Phi) is 4.84. The lowest BCUT2D eigenvalue weighted by molar-refractivity contribution is -0.114. The lowest BCUT2D eigenvalue weighted by atomic mass is 10.1. The Morgan fingerprint density at radius 2 is 1.96 bits per heavy atom. The predicted octanol–water partition coefficient (Wildman–Crippen LogP) is 3.08. The van der Waals surface area contributed by atoms with Crippen LogP contribution in [0.2, 0.25) is 0 Å². The first-order valence-electron chi connectivity index (χ1n) is 7.97. The fourth-order valence-electron chi connectivity index (χ4n) is 2.88. The number of amides is 1. The van der Waals surface area contributed by atoms with Crippen molar-refractivity contribution in [3.05, 3.63) is 65.2 Å². The van der Waals surface area contributed by atoms with Crippen molar-refractivity contribution in [2.24, 2.45) is 0 Å². The number of ether oxygens (including phenoxy) is 2. The monoisotopic (exact) mass is 337 g/mol. The summed E-state index contributed by atoms with van der Waals surface area (Å²) in [5, 5.41) is 0. The van der Waals surface area contributed by atoms with Crippen LogP contribution in [0.4, 0.5) is 5.69 Å². The molecular formula is C20H19NO4. The standard InChI is InChI=1S/C20H19NO4/c1-24-17-5-3-4-14(12-17)6-9-19(22)21-11-10-15-13-16(20(23)25-2)7-8-18(15)21/h3-9,12-13H,10-11H2,1-2H3/b9-6+. The Balaban J connectivity index is 1.77. The van der Waals surface area contributed by atoms with Crippen molar-refractivity contribution in [2.45, 2.75) is 6.42 Å². The summed E-state index contributed by atoms with van der Waals surface area (Å²) in [6, 6.07) is 12.8. The summed E-state index contributed by atoms with van der Waals surface area (Å²) in [5.41, 5.74) is 3.22. The summed E-state index contributed by atoms with van der Waals surface area (Å²) in [6.07, 6.45) is 4.04. The minimum Gasteiger partial charge on any atom is -0.497 e. The fourth-order valence-corrected chi connectivity index (χ4v) is 2.88. The van der Waals surface area contributed by atoms with Crippen LogP contribution in [0.1, 0.15) is 21.5 Å². The average Bonchev–Trinajstić information content (AvgIpc) is 3.08. The van der Waals surface area contributed by atoms with Gasteiger partial charge in [0, 0.05) is 18.3 Å². The van der Waals surface area contributed by atoms with Crippen molar-refractivity contribution < 1.29 is 19.1 Å². The first kappa shape index (κ1) is 16.8. The highest BCUT2D eigenvalue weighted by Gasteiger charge is 2.24. The zero-order valence-corrected chi connectivity index (χ0v) is 14.2. The molecule has 1 aliphatic heterocycles. The summed E-state index contributed by atoms with van der Waals surface area (Å²) >= 11 is 0. The van der Waals surface area contributed by atoms with E-state index in [1.54, 1.807) is 42.4 Å². The van der Waals surface area contributed by atoms with E-state index in [2.05, 4.69) is 0 Å². The van der Waals surface area contributed by atoms with E-state index in [0.717, 1.165) is 29.0 Å². The second kappa shape index (κ2) is 7.21. The van der Waals surface area contributed by atoms with E-state index >= 15 is 0 Å². The Morgan fingerprint density at radius 1 is 1.12 bits per heavy atom. The number of nitrogens with zero attached hydrogens (tertiary/aromatic N) is 1. The molecule has 0 aromatic heterocycles. The molecule has 0 fully saturated rings. The average molecular weight is 337 g/mol. The molecule has 0 radical (unpaired) electrons. The maximum atomic E-state index is 12.5. The van der Waals surface area contributed by atoms with Crippen LogP contribution >= 0.6 is 0 Å². The molecule has 1 aliphatic rings. The van der Waals surface area contributed by atoms with Crippen molar-refractivity contribution in [1.82, 2.24) is 0 Å². The summed E-state index contributed by atoms with van der Waals surface area (Å²) in [6.45, 7) is 0.598. The summed E-state index contributed by atoms with van der Waals surface area (Å²) in [7, 11) is 2.96. The van der Waals surface area contributed by atoms with E-state index in [1.165, 1.54) is 7.11 Å². The van der Waals surface area contributed by atoms with Crippen molar-refractivity contribution in [2.75, 3.05) is 25.7 Å². The Morgan fingerprint density at radius 3 is 2.72 bits per heavy atom. The third-order valence-electron chi connectivity index (χ3n) is 4.17. The molecule has 1 heterocycles. The Hall–Kier alpha value is -3.08. The van der Waals surface area contributed by atoms with Crippen LogP contribution in [0, 0.1) is 0 Å². The number of benzene rings is 2. The first-order chi connectivity index (χ1) is 12.1. The summed E-state index contributed by atoms with van der Waals surface area (Å²) in [5.74, 6) is 0.286. The smallest absolute Gasteiger partial charge is 0.337 e. The highest BCUT2D eigenvalue weighted by atomic mass is 16.5. The second-order valence-electron chi connectivity index (χ2n) is 5.68. The molecule has 5 nitrogen and oxygen atoms in total. The molecule has 0 saturated carbocycles. The number of hydrogen-bond donors (Lipinski definition) is 0. The van der Waals surface area contributed by atoms with Crippen LogP contribution in [0.3, 0.4) is 0 Å². The number of esters is 1. The van der Waals surface area contributed by atoms with Gasteiger partial charge in [-0.2, -0.15) is 0 Å². The number of methoxy groups -OCH3 is 2. The molecule has 0 saturated heterocycles. The molecular weight excluding hydrogens is 318 g/mol. The molecule has 0 atom stereocenters. The molecule has 1 amide bonds. The largest absolute Gasteiger partial charge is 0.497 e. The summed E-state index contributed by atoms with van der Waals surface area (Å²) in [4.78, 5) is 25.9. The topological polar surface area (TPSA) is 55.8 Å².